The van der Waals surface area contributed by atoms with Crippen molar-refractivity contribution in [3.8, 4) is 28.4 Å². The maximum atomic E-state index is 5.98. The minimum atomic E-state index is 0. The topological polar surface area (TPSA) is 86.2 Å². The van der Waals surface area contributed by atoms with E-state index in [9.17, 15) is 0 Å². The normalized spacial score (nSPS) is 14.5. The van der Waals surface area contributed by atoms with E-state index in [-0.39, 0.29) is 12.4 Å². The van der Waals surface area contributed by atoms with Gasteiger partial charge in [0.25, 0.3) is 0 Å². The Bertz CT molecular complexity index is 863. The molecule has 3 N–H and O–H groups in total. The Morgan fingerprint density at radius 2 is 1.86 bits per heavy atom. The van der Waals surface area contributed by atoms with Gasteiger partial charge in [-0.05, 0) is 43.5 Å². The van der Waals surface area contributed by atoms with E-state index in [1.165, 1.54) is 0 Å². The smallest absolute Gasteiger partial charge is 0.232 e. The van der Waals surface area contributed by atoms with Crippen LogP contribution in [0.3, 0.4) is 0 Å². The number of furan rings is 1. The molecule has 6 nitrogen and oxygen atoms in total. The van der Waals surface area contributed by atoms with Crippen LogP contribution >= 0.6 is 12.4 Å². The molecule has 0 amide bonds. The first-order valence-corrected chi connectivity index (χ1v) is 9.36. The largest absolute Gasteiger partial charge is 0.476 e. The number of nitrogens with zero attached hydrogens (tertiary/aromatic N) is 2. The van der Waals surface area contributed by atoms with E-state index in [4.69, 9.17) is 19.9 Å². The van der Waals surface area contributed by atoms with Gasteiger partial charge in [0.15, 0.2) is 0 Å². The molecular formula is C21H25ClN4O2. The fraction of sp³-hybridized carbons (Fsp3) is 0.333. The van der Waals surface area contributed by atoms with Gasteiger partial charge in [-0.25, -0.2) is 9.97 Å². The predicted octanol–water partition coefficient (Wildman–Crippen LogP) is 3.66. The highest BCUT2D eigenvalue weighted by Crippen LogP contribution is 2.31. The van der Waals surface area contributed by atoms with Gasteiger partial charge in [0.2, 0.25) is 5.88 Å². The second-order valence-corrected chi connectivity index (χ2v) is 6.82. The van der Waals surface area contributed by atoms with Crippen molar-refractivity contribution in [2.45, 2.75) is 19.4 Å². The molecule has 28 heavy (non-hydrogen) atoms. The van der Waals surface area contributed by atoms with Crippen LogP contribution in [0, 0.1) is 5.92 Å². The van der Waals surface area contributed by atoms with Crippen molar-refractivity contribution in [1.29, 1.82) is 0 Å². The van der Waals surface area contributed by atoms with Gasteiger partial charge in [-0.1, -0.05) is 24.3 Å². The van der Waals surface area contributed by atoms with Gasteiger partial charge in [0, 0.05) is 17.7 Å². The van der Waals surface area contributed by atoms with Crippen LogP contribution in [-0.2, 0) is 6.54 Å². The van der Waals surface area contributed by atoms with Crippen molar-refractivity contribution in [2.24, 2.45) is 11.7 Å². The number of benzene rings is 1. The summed E-state index contributed by atoms with van der Waals surface area (Å²) >= 11 is 0. The lowest BCUT2D eigenvalue weighted by Crippen LogP contribution is -2.30. The Morgan fingerprint density at radius 3 is 2.54 bits per heavy atom. The zero-order valence-corrected chi connectivity index (χ0v) is 16.5. The van der Waals surface area contributed by atoms with Gasteiger partial charge >= 0.3 is 0 Å². The van der Waals surface area contributed by atoms with Gasteiger partial charge in [0.05, 0.1) is 25.3 Å². The third kappa shape index (κ3) is 4.70. The van der Waals surface area contributed by atoms with Crippen LogP contribution < -0.4 is 15.8 Å². The summed E-state index contributed by atoms with van der Waals surface area (Å²) in [7, 11) is 0. The van der Waals surface area contributed by atoms with Gasteiger partial charge in [0.1, 0.15) is 11.4 Å². The first-order valence-electron chi connectivity index (χ1n) is 9.36. The molecule has 0 saturated carbocycles. The summed E-state index contributed by atoms with van der Waals surface area (Å²) in [5.74, 6) is 1.12. The van der Waals surface area contributed by atoms with Crippen molar-refractivity contribution in [2.75, 3.05) is 19.7 Å². The number of aromatic nitrogens is 2. The quantitative estimate of drug-likeness (QED) is 0.656. The van der Waals surface area contributed by atoms with E-state index in [0.29, 0.717) is 24.9 Å². The summed E-state index contributed by atoms with van der Waals surface area (Å²) in [6, 6.07) is 9.95. The number of ether oxygens (including phenoxy) is 1. The average molecular weight is 401 g/mol. The third-order valence-electron chi connectivity index (χ3n) is 4.93. The lowest BCUT2D eigenvalue weighted by Gasteiger charge is -2.22. The van der Waals surface area contributed by atoms with Gasteiger partial charge < -0.3 is 20.2 Å². The van der Waals surface area contributed by atoms with Crippen molar-refractivity contribution < 1.29 is 9.15 Å². The summed E-state index contributed by atoms with van der Waals surface area (Å²) in [6.07, 6.45) is 7.28. The van der Waals surface area contributed by atoms with E-state index in [1.807, 2.05) is 30.3 Å². The molecule has 1 fully saturated rings. The second-order valence-electron chi connectivity index (χ2n) is 6.82. The standard InChI is InChI=1S/C21H24N4O2.ClH/c22-11-15-1-3-17(4-2-15)21-20(18-7-10-26-14-18)24-12-19(25-21)27-13-16-5-8-23-9-6-16;/h1-4,7,10,12,14,16,23H,5-6,8-9,11,13,22H2;1H. The molecule has 3 heterocycles. The Kier molecular flexibility index (Phi) is 7.03. The van der Waals surface area contributed by atoms with Crippen molar-refractivity contribution in [3.63, 3.8) is 0 Å². The van der Waals surface area contributed by atoms with Crippen LogP contribution in [0.1, 0.15) is 18.4 Å². The molecule has 0 bridgehead atoms. The van der Waals surface area contributed by atoms with E-state index < -0.39 is 0 Å². The summed E-state index contributed by atoms with van der Waals surface area (Å²) in [5.41, 5.74) is 10.2. The van der Waals surface area contributed by atoms with E-state index in [1.54, 1.807) is 18.7 Å². The molecule has 4 rings (SSSR count). The number of halogens is 1. The molecule has 1 saturated heterocycles. The molecule has 0 unspecified atom stereocenters. The number of hydrogen-bond acceptors (Lipinski definition) is 6. The highest BCUT2D eigenvalue weighted by atomic mass is 35.5. The number of rotatable bonds is 6. The minimum absolute atomic E-state index is 0. The van der Waals surface area contributed by atoms with E-state index in [0.717, 1.165) is 54.0 Å². The third-order valence-corrected chi connectivity index (χ3v) is 4.93. The van der Waals surface area contributed by atoms with E-state index in [2.05, 4.69) is 10.3 Å². The Morgan fingerprint density at radius 1 is 1.07 bits per heavy atom. The zero-order chi connectivity index (χ0) is 18.5. The van der Waals surface area contributed by atoms with Crippen LogP contribution in [0.4, 0.5) is 0 Å². The number of nitrogens with two attached hydrogens (primary N) is 1. The van der Waals surface area contributed by atoms with Gasteiger partial charge in [-0.3, -0.25) is 0 Å². The first kappa shape index (κ1) is 20.3. The Balaban J connectivity index is 0.00000225. The summed E-state index contributed by atoms with van der Waals surface area (Å²) in [6.45, 7) is 3.29. The molecule has 1 aromatic carbocycles. The monoisotopic (exact) mass is 400 g/mol. The van der Waals surface area contributed by atoms with Crippen LogP contribution in [0.15, 0.2) is 53.5 Å². The SMILES string of the molecule is Cl.NCc1ccc(-c2nc(OCC3CCNCC3)cnc2-c2ccoc2)cc1. The Labute approximate surface area is 170 Å². The number of piperidine rings is 1. The molecule has 0 spiro atoms. The van der Waals surface area contributed by atoms with Gasteiger partial charge in [-0.15, -0.1) is 12.4 Å². The van der Waals surface area contributed by atoms with Crippen LogP contribution in [-0.4, -0.2) is 29.7 Å². The molecule has 1 aliphatic heterocycles. The molecular weight excluding hydrogens is 376 g/mol. The molecule has 0 radical (unpaired) electrons. The fourth-order valence-corrected chi connectivity index (χ4v) is 3.30. The molecule has 1 aliphatic rings. The summed E-state index contributed by atoms with van der Waals surface area (Å²) < 4.78 is 11.2. The lowest BCUT2D eigenvalue weighted by molar-refractivity contribution is 0.208. The predicted molar refractivity (Wildman–Crippen MR) is 111 cm³/mol. The number of hydrogen-bond donors (Lipinski definition) is 2. The summed E-state index contributed by atoms with van der Waals surface area (Å²) in [4.78, 5) is 9.38. The van der Waals surface area contributed by atoms with Crippen LogP contribution in [0.2, 0.25) is 0 Å². The Hall–Kier alpha value is -2.41. The molecule has 2 aromatic heterocycles. The molecule has 0 aliphatic carbocycles. The highest BCUT2D eigenvalue weighted by Gasteiger charge is 2.17. The average Bonchev–Trinajstić information content (AvgIpc) is 3.28. The second kappa shape index (κ2) is 9.68. The molecule has 7 heteroatoms. The first-order chi connectivity index (χ1) is 13.3. The van der Waals surface area contributed by atoms with E-state index >= 15 is 0 Å². The lowest BCUT2D eigenvalue weighted by atomic mass is 9.99. The number of nitrogens with one attached hydrogen (secondary N) is 1. The minimum Gasteiger partial charge on any atom is -0.476 e. The molecule has 148 valence electrons. The maximum Gasteiger partial charge on any atom is 0.232 e. The van der Waals surface area contributed by atoms with Crippen molar-refractivity contribution in [1.82, 2.24) is 15.3 Å². The summed E-state index contributed by atoms with van der Waals surface area (Å²) in [5, 5.41) is 3.37. The molecule has 3 aromatic rings. The van der Waals surface area contributed by atoms with Crippen LogP contribution in [0.25, 0.3) is 22.5 Å². The van der Waals surface area contributed by atoms with Crippen molar-refractivity contribution in [3.05, 3.63) is 54.6 Å². The van der Waals surface area contributed by atoms with Gasteiger partial charge in [-0.2, -0.15) is 0 Å². The highest BCUT2D eigenvalue weighted by molar-refractivity contribution is 5.85. The van der Waals surface area contributed by atoms with Crippen LogP contribution in [0.5, 0.6) is 5.88 Å². The van der Waals surface area contributed by atoms with Crippen molar-refractivity contribution >= 4 is 12.4 Å². The molecule has 0 atom stereocenters. The zero-order valence-electron chi connectivity index (χ0n) is 15.6. The fourth-order valence-electron chi connectivity index (χ4n) is 3.30. The maximum absolute atomic E-state index is 5.98.